The van der Waals surface area contributed by atoms with Crippen LogP contribution in [0.1, 0.15) is 29.7 Å². The monoisotopic (exact) mass is 408 g/mol. The highest BCUT2D eigenvalue weighted by Gasteiger charge is 2.21. The summed E-state index contributed by atoms with van der Waals surface area (Å²) in [5, 5.41) is 3.93. The number of sulfone groups is 1. The zero-order chi connectivity index (χ0) is 19.6. The van der Waals surface area contributed by atoms with Gasteiger partial charge >= 0.3 is 0 Å². The molecular formula is C19H25ClN4O2S. The molecular weight excluding hydrogens is 384 g/mol. The summed E-state index contributed by atoms with van der Waals surface area (Å²) in [5.41, 5.74) is 3.04. The van der Waals surface area contributed by atoms with Gasteiger partial charge in [-0.15, -0.1) is 0 Å². The van der Waals surface area contributed by atoms with E-state index in [1.165, 1.54) is 12.3 Å². The van der Waals surface area contributed by atoms with Crippen LogP contribution in [0.3, 0.4) is 0 Å². The van der Waals surface area contributed by atoms with Crippen molar-refractivity contribution in [2.75, 3.05) is 24.7 Å². The predicted octanol–water partition coefficient (Wildman–Crippen LogP) is 3.23. The maximum Gasteiger partial charge on any atom is 0.223 e. The normalized spacial score (nSPS) is 16.4. The summed E-state index contributed by atoms with van der Waals surface area (Å²) in [6, 6.07) is 5.33. The smallest absolute Gasteiger partial charge is 0.223 e. The highest BCUT2D eigenvalue weighted by Crippen LogP contribution is 2.24. The third-order valence-electron chi connectivity index (χ3n) is 4.99. The third kappa shape index (κ3) is 5.18. The van der Waals surface area contributed by atoms with Gasteiger partial charge in [-0.25, -0.2) is 18.4 Å². The molecule has 2 heterocycles. The van der Waals surface area contributed by atoms with E-state index in [0.29, 0.717) is 17.0 Å². The van der Waals surface area contributed by atoms with Gasteiger partial charge in [-0.2, -0.15) is 0 Å². The maximum atomic E-state index is 11.6. The molecule has 0 amide bonds. The lowest BCUT2D eigenvalue weighted by Crippen LogP contribution is -2.39. The lowest BCUT2D eigenvalue weighted by atomic mass is 10.0. The second kappa shape index (κ2) is 8.12. The van der Waals surface area contributed by atoms with Crippen LogP contribution in [-0.2, 0) is 16.4 Å². The zero-order valence-corrected chi connectivity index (χ0v) is 17.4. The second-order valence-electron chi connectivity index (χ2n) is 7.18. The summed E-state index contributed by atoms with van der Waals surface area (Å²) < 4.78 is 23.3. The van der Waals surface area contributed by atoms with E-state index in [4.69, 9.17) is 11.6 Å². The first kappa shape index (κ1) is 20.0. The molecule has 0 spiro atoms. The molecule has 2 aromatic rings. The van der Waals surface area contributed by atoms with Crippen molar-refractivity contribution in [1.29, 1.82) is 0 Å². The van der Waals surface area contributed by atoms with Crippen LogP contribution in [0.4, 0.5) is 5.95 Å². The minimum atomic E-state index is -3.24. The Morgan fingerprint density at radius 3 is 2.56 bits per heavy atom. The first-order valence-corrected chi connectivity index (χ1v) is 11.3. The molecule has 0 radical (unpaired) electrons. The van der Waals surface area contributed by atoms with Gasteiger partial charge in [0.05, 0.1) is 4.90 Å². The Labute approximate surface area is 165 Å². The van der Waals surface area contributed by atoms with E-state index < -0.39 is 9.84 Å². The predicted molar refractivity (Wildman–Crippen MR) is 108 cm³/mol. The molecule has 27 heavy (non-hydrogen) atoms. The number of benzene rings is 1. The third-order valence-corrected chi connectivity index (χ3v) is 6.45. The largest absolute Gasteiger partial charge is 0.351 e. The van der Waals surface area contributed by atoms with Gasteiger partial charge in [0.1, 0.15) is 0 Å². The van der Waals surface area contributed by atoms with E-state index in [1.54, 1.807) is 6.07 Å². The number of halogens is 1. The maximum absolute atomic E-state index is 11.6. The molecule has 1 aliphatic rings. The summed E-state index contributed by atoms with van der Waals surface area (Å²) in [6.07, 6.45) is 5.03. The minimum absolute atomic E-state index is 0.257. The first-order valence-electron chi connectivity index (χ1n) is 9.00. The Bertz CT molecular complexity index is 925. The van der Waals surface area contributed by atoms with Crippen molar-refractivity contribution in [3.63, 3.8) is 0 Å². The number of nitrogens with one attached hydrogen (secondary N) is 1. The average Bonchev–Trinajstić information content (AvgIpc) is 2.61. The lowest BCUT2D eigenvalue weighted by Gasteiger charge is -2.32. The van der Waals surface area contributed by atoms with E-state index in [1.807, 2.05) is 26.1 Å². The van der Waals surface area contributed by atoms with Crippen LogP contribution in [0.25, 0.3) is 0 Å². The van der Waals surface area contributed by atoms with Gasteiger partial charge in [0.15, 0.2) is 9.84 Å². The Kier molecular flexibility index (Phi) is 6.03. The molecule has 146 valence electrons. The summed E-state index contributed by atoms with van der Waals surface area (Å²) in [5.74, 6) is 0.691. The van der Waals surface area contributed by atoms with E-state index in [-0.39, 0.29) is 4.90 Å². The van der Waals surface area contributed by atoms with Gasteiger partial charge in [-0.05, 0) is 49.9 Å². The van der Waals surface area contributed by atoms with Crippen molar-refractivity contribution in [3.8, 4) is 0 Å². The number of hydrogen-bond acceptors (Lipinski definition) is 6. The quantitative estimate of drug-likeness (QED) is 0.818. The van der Waals surface area contributed by atoms with E-state index in [9.17, 15) is 8.42 Å². The van der Waals surface area contributed by atoms with Crippen LogP contribution in [0, 0.1) is 13.8 Å². The number of aromatic nitrogens is 2. The van der Waals surface area contributed by atoms with Crippen molar-refractivity contribution in [2.45, 2.75) is 44.2 Å². The van der Waals surface area contributed by atoms with Gasteiger partial charge < -0.3 is 5.32 Å². The molecule has 8 heteroatoms. The van der Waals surface area contributed by atoms with Crippen molar-refractivity contribution >= 4 is 27.4 Å². The van der Waals surface area contributed by atoms with Crippen molar-refractivity contribution in [1.82, 2.24) is 14.9 Å². The highest BCUT2D eigenvalue weighted by atomic mass is 35.5. The summed E-state index contributed by atoms with van der Waals surface area (Å²) in [6.45, 7) is 6.59. The second-order valence-corrected chi connectivity index (χ2v) is 9.61. The summed E-state index contributed by atoms with van der Waals surface area (Å²) in [4.78, 5) is 11.4. The molecule has 0 aliphatic carbocycles. The Hall–Kier alpha value is -1.70. The van der Waals surface area contributed by atoms with E-state index in [2.05, 4.69) is 20.2 Å². The number of anilines is 1. The molecule has 0 unspecified atom stereocenters. The first-order chi connectivity index (χ1) is 12.7. The molecule has 0 bridgehead atoms. The Balaban J connectivity index is 1.56. The number of aryl methyl sites for hydroxylation is 2. The number of rotatable bonds is 5. The van der Waals surface area contributed by atoms with Crippen LogP contribution in [0.5, 0.6) is 0 Å². The van der Waals surface area contributed by atoms with Crippen LogP contribution < -0.4 is 5.32 Å². The molecule has 1 aromatic carbocycles. The summed E-state index contributed by atoms with van der Waals surface area (Å²) in [7, 11) is -3.24. The number of piperidine rings is 1. The van der Waals surface area contributed by atoms with Gasteiger partial charge in [-0.1, -0.05) is 17.7 Å². The van der Waals surface area contributed by atoms with Crippen LogP contribution in [0.15, 0.2) is 29.3 Å². The highest BCUT2D eigenvalue weighted by molar-refractivity contribution is 7.90. The molecule has 1 N–H and O–H groups in total. The fraction of sp³-hybridized carbons (Fsp3) is 0.474. The molecule has 1 fully saturated rings. The van der Waals surface area contributed by atoms with Gasteiger partial charge in [0.2, 0.25) is 5.95 Å². The molecule has 6 nitrogen and oxygen atoms in total. The number of likely N-dealkylation sites (tertiary alicyclic amines) is 1. The van der Waals surface area contributed by atoms with Crippen molar-refractivity contribution < 1.29 is 8.42 Å². The van der Waals surface area contributed by atoms with E-state index in [0.717, 1.165) is 49.3 Å². The SMILES string of the molecule is Cc1cnc(NC2CCN(Cc3ccc(S(C)(=O)=O)cc3Cl)CC2)nc1C. The molecule has 3 rings (SSSR count). The zero-order valence-electron chi connectivity index (χ0n) is 15.9. The molecule has 0 atom stereocenters. The van der Waals surface area contributed by atoms with Crippen molar-refractivity contribution in [2.24, 2.45) is 0 Å². The minimum Gasteiger partial charge on any atom is -0.351 e. The number of nitrogens with zero attached hydrogens (tertiary/aromatic N) is 3. The molecule has 1 aliphatic heterocycles. The molecule has 0 saturated carbocycles. The van der Waals surface area contributed by atoms with Crippen LogP contribution in [0.2, 0.25) is 5.02 Å². The molecule has 1 aromatic heterocycles. The van der Waals surface area contributed by atoms with Crippen LogP contribution in [-0.4, -0.2) is 48.7 Å². The summed E-state index contributed by atoms with van der Waals surface area (Å²) >= 11 is 6.30. The van der Waals surface area contributed by atoms with Gasteiger partial charge in [-0.3, -0.25) is 4.90 Å². The van der Waals surface area contributed by atoms with Crippen molar-refractivity contribution in [3.05, 3.63) is 46.2 Å². The van der Waals surface area contributed by atoms with Gasteiger partial charge in [0, 0.05) is 48.8 Å². The average molecular weight is 409 g/mol. The van der Waals surface area contributed by atoms with E-state index >= 15 is 0 Å². The van der Waals surface area contributed by atoms with Gasteiger partial charge in [0.25, 0.3) is 0 Å². The topological polar surface area (TPSA) is 75.2 Å². The van der Waals surface area contributed by atoms with Crippen LogP contribution >= 0.6 is 11.6 Å². The molecule has 1 saturated heterocycles. The fourth-order valence-corrected chi connectivity index (χ4v) is 4.09. The standard InChI is InChI=1S/C19H25ClN4O2S/c1-13-11-21-19(22-14(13)2)23-16-6-8-24(9-7-16)12-15-4-5-17(10-18(15)20)27(3,25)26/h4-5,10-11,16H,6-9,12H2,1-3H3,(H,21,22,23). The Morgan fingerprint density at radius 1 is 1.26 bits per heavy atom. The lowest BCUT2D eigenvalue weighted by molar-refractivity contribution is 0.211. The Morgan fingerprint density at radius 2 is 1.96 bits per heavy atom. The number of hydrogen-bond donors (Lipinski definition) is 1. The fourth-order valence-electron chi connectivity index (χ4n) is 3.14.